The van der Waals surface area contributed by atoms with E-state index in [1.165, 1.54) is 6.07 Å². The second kappa shape index (κ2) is 8.14. The lowest BCUT2D eigenvalue weighted by molar-refractivity contribution is -0.121. The highest BCUT2D eigenvalue weighted by Crippen LogP contribution is 2.31. The zero-order valence-electron chi connectivity index (χ0n) is 17.5. The fourth-order valence-corrected chi connectivity index (χ4v) is 3.43. The summed E-state index contributed by atoms with van der Waals surface area (Å²) < 4.78 is 5.41. The number of nitrogens with zero attached hydrogens (tertiary/aromatic N) is 3. The minimum absolute atomic E-state index is 0.110. The van der Waals surface area contributed by atoms with Gasteiger partial charge in [-0.05, 0) is 36.8 Å². The van der Waals surface area contributed by atoms with Gasteiger partial charge >= 0.3 is 0 Å². The van der Waals surface area contributed by atoms with Crippen LogP contribution in [0, 0.1) is 6.92 Å². The maximum Gasteiger partial charge on any atom is 0.260 e. The van der Waals surface area contributed by atoms with E-state index in [2.05, 4.69) is 15.5 Å². The van der Waals surface area contributed by atoms with Gasteiger partial charge in [0.05, 0.1) is 16.9 Å². The molecule has 31 heavy (non-hydrogen) atoms. The number of anilines is 2. The number of aryl methyl sites for hydroxylation is 1. The second-order valence-corrected chi connectivity index (χ2v) is 7.74. The standard InChI is InChI=1S/C23H22N4O4/c1-13(2)21-25-23(31-26-21)17-9-4-6-14(3)20(17)24-22(30)15-7-5-8-16(12-15)27-18(28)10-11-19(27)29/h4-9,12-13H,10-11H2,1-3H3,(H,24,30). The average molecular weight is 418 g/mol. The third kappa shape index (κ3) is 3.96. The molecule has 3 amide bonds. The summed E-state index contributed by atoms with van der Waals surface area (Å²) in [5.74, 6) is 0.118. The molecule has 4 rings (SSSR count). The fraction of sp³-hybridized carbons (Fsp3) is 0.261. The number of rotatable bonds is 5. The minimum atomic E-state index is -0.375. The number of aromatic nitrogens is 2. The maximum atomic E-state index is 13.0. The molecule has 1 aliphatic heterocycles. The first-order chi connectivity index (χ1) is 14.8. The van der Waals surface area contributed by atoms with Crippen molar-refractivity contribution >= 4 is 29.1 Å². The number of benzene rings is 2. The van der Waals surface area contributed by atoms with Gasteiger partial charge < -0.3 is 9.84 Å². The summed E-state index contributed by atoms with van der Waals surface area (Å²) >= 11 is 0. The predicted octanol–water partition coefficient (Wildman–Crippen LogP) is 4.07. The van der Waals surface area contributed by atoms with Crippen molar-refractivity contribution in [3.8, 4) is 11.5 Å². The van der Waals surface area contributed by atoms with Gasteiger partial charge in [-0.2, -0.15) is 4.98 Å². The van der Waals surface area contributed by atoms with Crippen molar-refractivity contribution in [1.82, 2.24) is 10.1 Å². The number of hydrogen-bond donors (Lipinski definition) is 1. The molecule has 1 aromatic heterocycles. The van der Waals surface area contributed by atoms with E-state index in [1.54, 1.807) is 24.3 Å². The number of carbonyl (C=O) groups excluding carboxylic acids is 3. The summed E-state index contributed by atoms with van der Waals surface area (Å²) in [5, 5.41) is 6.92. The van der Waals surface area contributed by atoms with Crippen molar-refractivity contribution in [2.45, 2.75) is 39.5 Å². The van der Waals surface area contributed by atoms with Gasteiger partial charge in [0, 0.05) is 24.3 Å². The first-order valence-electron chi connectivity index (χ1n) is 10.1. The summed E-state index contributed by atoms with van der Waals surface area (Å²) in [5.41, 5.74) is 2.73. The maximum absolute atomic E-state index is 13.0. The fourth-order valence-electron chi connectivity index (χ4n) is 3.43. The smallest absolute Gasteiger partial charge is 0.260 e. The van der Waals surface area contributed by atoms with Crippen LogP contribution in [0.5, 0.6) is 0 Å². The molecule has 0 radical (unpaired) electrons. The third-order valence-corrected chi connectivity index (χ3v) is 5.12. The SMILES string of the molecule is Cc1cccc(-c2nc(C(C)C)no2)c1NC(=O)c1cccc(N2C(=O)CCC2=O)c1. The minimum Gasteiger partial charge on any atom is -0.334 e. The molecule has 1 aliphatic rings. The van der Waals surface area contributed by atoms with Crippen LogP contribution in [0.2, 0.25) is 0 Å². The Bertz CT molecular complexity index is 1170. The monoisotopic (exact) mass is 418 g/mol. The molecule has 0 unspecified atom stereocenters. The molecule has 3 aromatic rings. The first kappa shape index (κ1) is 20.5. The zero-order chi connectivity index (χ0) is 22.1. The van der Waals surface area contributed by atoms with Crippen LogP contribution in [0.4, 0.5) is 11.4 Å². The zero-order valence-corrected chi connectivity index (χ0v) is 17.5. The lowest BCUT2D eigenvalue weighted by Gasteiger charge is -2.16. The normalized spacial score (nSPS) is 13.9. The number of imide groups is 1. The van der Waals surface area contributed by atoms with Gasteiger partial charge in [-0.25, -0.2) is 0 Å². The lowest BCUT2D eigenvalue weighted by Crippen LogP contribution is -2.28. The van der Waals surface area contributed by atoms with E-state index in [0.717, 1.165) is 10.5 Å². The molecule has 8 nitrogen and oxygen atoms in total. The Hall–Kier alpha value is -3.81. The molecule has 1 saturated heterocycles. The van der Waals surface area contributed by atoms with E-state index in [4.69, 9.17) is 4.52 Å². The van der Waals surface area contributed by atoms with Crippen molar-refractivity contribution in [3.63, 3.8) is 0 Å². The summed E-state index contributed by atoms with van der Waals surface area (Å²) in [7, 11) is 0. The van der Waals surface area contributed by atoms with Crippen LogP contribution in [0.1, 0.15) is 54.4 Å². The largest absolute Gasteiger partial charge is 0.334 e. The Morgan fingerprint density at radius 1 is 1.10 bits per heavy atom. The Labute approximate surface area is 179 Å². The van der Waals surface area contributed by atoms with Gasteiger partial charge in [-0.1, -0.05) is 37.2 Å². The van der Waals surface area contributed by atoms with Crippen molar-refractivity contribution in [1.29, 1.82) is 0 Å². The molecule has 1 fully saturated rings. The Balaban J connectivity index is 1.64. The molecule has 0 spiro atoms. The Morgan fingerprint density at radius 3 is 2.48 bits per heavy atom. The molecule has 2 heterocycles. The van der Waals surface area contributed by atoms with Crippen LogP contribution in [0.25, 0.3) is 11.5 Å². The van der Waals surface area contributed by atoms with Gasteiger partial charge in [0.1, 0.15) is 0 Å². The summed E-state index contributed by atoms with van der Waals surface area (Å²) in [6, 6.07) is 12.0. The van der Waals surface area contributed by atoms with Crippen molar-refractivity contribution < 1.29 is 18.9 Å². The first-order valence-corrected chi connectivity index (χ1v) is 10.1. The molecular formula is C23H22N4O4. The molecule has 0 bridgehead atoms. The van der Waals surface area contributed by atoms with Gasteiger partial charge in [0.15, 0.2) is 5.82 Å². The summed E-state index contributed by atoms with van der Waals surface area (Å²) in [6.45, 7) is 5.81. The van der Waals surface area contributed by atoms with Crippen LogP contribution >= 0.6 is 0 Å². The average Bonchev–Trinajstić information content (AvgIpc) is 3.36. The Kier molecular flexibility index (Phi) is 5.37. The number of amides is 3. The molecule has 0 aliphatic carbocycles. The number of nitrogens with one attached hydrogen (secondary N) is 1. The van der Waals surface area contributed by atoms with E-state index in [0.29, 0.717) is 34.2 Å². The molecule has 8 heteroatoms. The van der Waals surface area contributed by atoms with Crippen LogP contribution in [-0.4, -0.2) is 27.9 Å². The van der Waals surface area contributed by atoms with E-state index >= 15 is 0 Å². The van der Waals surface area contributed by atoms with Gasteiger partial charge in [0.2, 0.25) is 11.8 Å². The predicted molar refractivity (Wildman–Crippen MR) is 115 cm³/mol. The quantitative estimate of drug-likeness (QED) is 0.626. The molecule has 0 saturated carbocycles. The molecule has 2 aromatic carbocycles. The van der Waals surface area contributed by atoms with Crippen LogP contribution in [0.3, 0.4) is 0 Å². The molecule has 1 N–H and O–H groups in total. The van der Waals surface area contributed by atoms with E-state index < -0.39 is 0 Å². The highest BCUT2D eigenvalue weighted by Gasteiger charge is 2.30. The van der Waals surface area contributed by atoms with Gasteiger partial charge in [-0.3, -0.25) is 19.3 Å². The highest BCUT2D eigenvalue weighted by molar-refractivity contribution is 6.20. The third-order valence-electron chi connectivity index (χ3n) is 5.12. The number of carbonyl (C=O) groups is 3. The summed E-state index contributed by atoms with van der Waals surface area (Å²) in [4.78, 5) is 42.7. The molecule has 158 valence electrons. The van der Waals surface area contributed by atoms with Gasteiger partial charge in [0.25, 0.3) is 11.8 Å². The van der Waals surface area contributed by atoms with E-state index in [-0.39, 0.29) is 36.5 Å². The summed E-state index contributed by atoms with van der Waals surface area (Å²) in [6.07, 6.45) is 0.370. The van der Waals surface area contributed by atoms with Crippen molar-refractivity contribution in [2.75, 3.05) is 10.2 Å². The number of para-hydroxylation sites is 1. The Morgan fingerprint density at radius 2 is 1.81 bits per heavy atom. The topological polar surface area (TPSA) is 105 Å². The lowest BCUT2D eigenvalue weighted by atomic mass is 10.1. The number of hydrogen-bond acceptors (Lipinski definition) is 6. The van der Waals surface area contributed by atoms with E-state index in [9.17, 15) is 14.4 Å². The van der Waals surface area contributed by atoms with Gasteiger partial charge in [-0.15, -0.1) is 0 Å². The van der Waals surface area contributed by atoms with E-state index in [1.807, 2.05) is 32.9 Å². The molecule has 0 atom stereocenters. The van der Waals surface area contributed by atoms with Crippen LogP contribution < -0.4 is 10.2 Å². The van der Waals surface area contributed by atoms with Crippen LogP contribution in [-0.2, 0) is 9.59 Å². The van der Waals surface area contributed by atoms with Crippen LogP contribution in [0.15, 0.2) is 47.0 Å². The molecular weight excluding hydrogens is 396 g/mol. The van der Waals surface area contributed by atoms with Crippen molar-refractivity contribution in [3.05, 3.63) is 59.4 Å². The second-order valence-electron chi connectivity index (χ2n) is 7.74. The highest BCUT2D eigenvalue weighted by atomic mass is 16.5. The van der Waals surface area contributed by atoms with Crippen molar-refractivity contribution in [2.24, 2.45) is 0 Å².